The number of allylic oxidation sites excluding steroid dienone is 4. The molecule has 6 nitrogen and oxygen atoms in total. The van der Waals surface area contributed by atoms with Crippen molar-refractivity contribution in [2.24, 2.45) is 0 Å². The summed E-state index contributed by atoms with van der Waals surface area (Å²) in [6.07, 6.45) is 40.3. The Morgan fingerprint density at radius 3 is 1.22 bits per heavy atom. The van der Waals surface area contributed by atoms with Gasteiger partial charge in [-0.25, -0.2) is 0 Å². The average Bonchev–Trinajstić information content (AvgIpc) is 3.10. The molecule has 0 N–H and O–H groups in total. The van der Waals surface area contributed by atoms with E-state index in [0.29, 0.717) is 19.3 Å². The van der Waals surface area contributed by atoms with E-state index in [4.69, 9.17) is 14.2 Å². The first-order valence-corrected chi connectivity index (χ1v) is 20.8. The summed E-state index contributed by atoms with van der Waals surface area (Å²) < 4.78 is 16.6. The number of ether oxygens (including phenoxy) is 3. The third-order valence-corrected chi connectivity index (χ3v) is 8.97. The van der Waals surface area contributed by atoms with Gasteiger partial charge in [0.2, 0.25) is 0 Å². The molecule has 0 aromatic rings. The van der Waals surface area contributed by atoms with E-state index in [-0.39, 0.29) is 31.1 Å². The quantitative estimate of drug-likeness (QED) is 0.0279. The Morgan fingerprint density at radius 1 is 0.429 bits per heavy atom. The highest BCUT2D eigenvalue weighted by molar-refractivity contribution is 5.71. The van der Waals surface area contributed by atoms with E-state index in [1.54, 1.807) is 0 Å². The second kappa shape index (κ2) is 38.7. The molecule has 0 aliphatic rings. The molecule has 0 aromatic heterocycles. The lowest BCUT2D eigenvalue weighted by molar-refractivity contribution is -0.167. The summed E-state index contributed by atoms with van der Waals surface area (Å²) >= 11 is 0. The Morgan fingerprint density at radius 2 is 0.796 bits per heavy atom. The number of unbranched alkanes of at least 4 members (excludes halogenated alkanes) is 22. The van der Waals surface area contributed by atoms with Crippen LogP contribution in [-0.2, 0) is 28.6 Å². The van der Waals surface area contributed by atoms with Gasteiger partial charge in [-0.3, -0.25) is 14.4 Å². The zero-order valence-electron chi connectivity index (χ0n) is 32.5. The van der Waals surface area contributed by atoms with Crippen LogP contribution in [0.1, 0.15) is 213 Å². The largest absolute Gasteiger partial charge is 0.462 e. The summed E-state index contributed by atoms with van der Waals surface area (Å²) in [7, 11) is 0. The molecule has 0 radical (unpaired) electrons. The molecule has 49 heavy (non-hydrogen) atoms. The van der Waals surface area contributed by atoms with Crippen LogP contribution in [0.2, 0.25) is 0 Å². The summed E-state index contributed by atoms with van der Waals surface area (Å²) in [5.74, 6) is -0.918. The number of hydrogen-bond donors (Lipinski definition) is 0. The highest BCUT2D eigenvalue weighted by atomic mass is 16.6. The number of esters is 3. The molecule has 1 unspecified atom stereocenters. The van der Waals surface area contributed by atoms with Crippen LogP contribution in [0.25, 0.3) is 0 Å². The van der Waals surface area contributed by atoms with Gasteiger partial charge in [-0.05, 0) is 44.9 Å². The first-order chi connectivity index (χ1) is 24.0. The summed E-state index contributed by atoms with van der Waals surface area (Å²) in [6, 6.07) is 0. The number of rotatable bonds is 37. The van der Waals surface area contributed by atoms with Crippen LogP contribution in [0.5, 0.6) is 0 Å². The lowest BCUT2D eigenvalue weighted by atomic mass is 10.0. The first-order valence-electron chi connectivity index (χ1n) is 20.8. The van der Waals surface area contributed by atoms with E-state index in [2.05, 4.69) is 45.1 Å². The third kappa shape index (κ3) is 37.0. The zero-order valence-corrected chi connectivity index (χ0v) is 32.5. The monoisotopic (exact) mass is 691 g/mol. The molecular weight excluding hydrogens is 612 g/mol. The summed E-state index contributed by atoms with van der Waals surface area (Å²) in [6.45, 7) is 6.45. The van der Waals surface area contributed by atoms with Gasteiger partial charge in [0.1, 0.15) is 13.2 Å². The second-order valence-electron chi connectivity index (χ2n) is 13.9. The van der Waals surface area contributed by atoms with Crippen LogP contribution in [0, 0.1) is 0 Å². The van der Waals surface area contributed by atoms with Gasteiger partial charge in [0.05, 0.1) is 0 Å². The molecule has 0 spiro atoms. The van der Waals surface area contributed by atoms with Crippen molar-refractivity contribution >= 4 is 17.9 Å². The predicted molar refractivity (Wildman–Crippen MR) is 206 cm³/mol. The molecule has 1 atom stereocenters. The number of carbonyl (C=O) groups is 3. The predicted octanol–water partition coefficient (Wildman–Crippen LogP) is 12.9. The van der Waals surface area contributed by atoms with Crippen LogP contribution in [-0.4, -0.2) is 37.2 Å². The molecule has 0 saturated carbocycles. The standard InChI is InChI=1S/C43H78O6/c1-4-7-10-13-16-19-21-22-25-27-30-33-36-42(45)48-39-40(38-47-41(44)35-32-29-26-23-18-15-12-9-6-3)49-43(46)37-34-31-28-24-20-17-14-11-8-5-2/h9,12,18,23,40H,4-8,10-11,13-17,19-22,24-39H2,1-3H3/b12-9-,23-18-. The van der Waals surface area contributed by atoms with Crippen LogP contribution in [0.15, 0.2) is 24.3 Å². The average molecular weight is 691 g/mol. The molecule has 0 aromatic carbocycles. The summed E-state index contributed by atoms with van der Waals surface area (Å²) in [5.41, 5.74) is 0. The lowest BCUT2D eigenvalue weighted by Crippen LogP contribution is -2.30. The van der Waals surface area contributed by atoms with Crippen LogP contribution < -0.4 is 0 Å². The van der Waals surface area contributed by atoms with Gasteiger partial charge in [-0.15, -0.1) is 0 Å². The van der Waals surface area contributed by atoms with Crippen LogP contribution in [0.4, 0.5) is 0 Å². The minimum Gasteiger partial charge on any atom is -0.462 e. The van der Waals surface area contributed by atoms with Crippen LogP contribution in [0.3, 0.4) is 0 Å². The molecule has 0 rings (SSSR count). The minimum absolute atomic E-state index is 0.0780. The van der Waals surface area contributed by atoms with E-state index < -0.39 is 6.10 Å². The maximum Gasteiger partial charge on any atom is 0.306 e. The fourth-order valence-corrected chi connectivity index (χ4v) is 5.83. The van der Waals surface area contributed by atoms with Gasteiger partial charge in [0.25, 0.3) is 0 Å². The Hall–Kier alpha value is -2.11. The fraction of sp³-hybridized carbons (Fsp3) is 0.837. The van der Waals surface area contributed by atoms with Crippen molar-refractivity contribution in [3.63, 3.8) is 0 Å². The van der Waals surface area contributed by atoms with Crippen molar-refractivity contribution in [3.05, 3.63) is 24.3 Å². The van der Waals surface area contributed by atoms with E-state index in [9.17, 15) is 14.4 Å². The normalized spacial score (nSPS) is 12.1. The van der Waals surface area contributed by atoms with Crippen molar-refractivity contribution in [1.29, 1.82) is 0 Å². The maximum atomic E-state index is 12.6. The van der Waals surface area contributed by atoms with Crippen LogP contribution >= 0.6 is 0 Å². The van der Waals surface area contributed by atoms with E-state index in [1.165, 1.54) is 103 Å². The van der Waals surface area contributed by atoms with Gasteiger partial charge in [-0.1, -0.05) is 173 Å². The third-order valence-electron chi connectivity index (χ3n) is 8.97. The molecule has 0 heterocycles. The van der Waals surface area contributed by atoms with Crippen molar-refractivity contribution in [2.45, 2.75) is 219 Å². The molecular formula is C43H78O6. The lowest BCUT2D eigenvalue weighted by Gasteiger charge is -2.18. The van der Waals surface area contributed by atoms with Gasteiger partial charge < -0.3 is 14.2 Å². The molecule has 0 fully saturated rings. The first kappa shape index (κ1) is 46.9. The molecule has 0 aliphatic heterocycles. The molecule has 0 bridgehead atoms. The smallest absolute Gasteiger partial charge is 0.306 e. The van der Waals surface area contributed by atoms with E-state index >= 15 is 0 Å². The Labute approximate surface area is 303 Å². The summed E-state index contributed by atoms with van der Waals surface area (Å²) in [5, 5.41) is 0. The van der Waals surface area contributed by atoms with Crippen molar-refractivity contribution in [1.82, 2.24) is 0 Å². The summed E-state index contributed by atoms with van der Waals surface area (Å²) in [4.78, 5) is 37.5. The van der Waals surface area contributed by atoms with Gasteiger partial charge in [-0.2, -0.15) is 0 Å². The number of hydrogen-bond acceptors (Lipinski definition) is 6. The van der Waals surface area contributed by atoms with Crippen molar-refractivity contribution < 1.29 is 28.6 Å². The Kier molecular flexibility index (Phi) is 37.0. The maximum absolute atomic E-state index is 12.6. The van der Waals surface area contributed by atoms with Gasteiger partial charge >= 0.3 is 17.9 Å². The number of carbonyl (C=O) groups excluding carboxylic acids is 3. The fourth-order valence-electron chi connectivity index (χ4n) is 5.83. The second-order valence-corrected chi connectivity index (χ2v) is 13.9. The highest BCUT2D eigenvalue weighted by Crippen LogP contribution is 2.14. The molecule has 286 valence electrons. The Bertz CT molecular complexity index is 804. The minimum atomic E-state index is -0.774. The van der Waals surface area contributed by atoms with Crippen molar-refractivity contribution in [2.75, 3.05) is 13.2 Å². The molecule has 0 amide bonds. The van der Waals surface area contributed by atoms with Gasteiger partial charge in [0, 0.05) is 19.3 Å². The van der Waals surface area contributed by atoms with E-state index in [0.717, 1.165) is 70.6 Å². The zero-order chi connectivity index (χ0) is 35.9. The molecule has 0 aliphatic carbocycles. The van der Waals surface area contributed by atoms with Crippen molar-refractivity contribution in [3.8, 4) is 0 Å². The highest BCUT2D eigenvalue weighted by Gasteiger charge is 2.19. The Balaban J connectivity index is 4.37. The van der Waals surface area contributed by atoms with E-state index in [1.807, 2.05) is 0 Å². The van der Waals surface area contributed by atoms with Gasteiger partial charge in [0.15, 0.2) is 6.10 Å². The topological polar surface area (TPSA) is 78.9 Å². The molecule has 0 saturated heterocycles. The molecule has 6 heteroatoms. The SMILES string of the molecule is CC/C=C\C/C=C\CCCCC(=O)OCC(COC(=O)CCCCCCCCCCCCCC)OC(=O)CCCCCCCCCCCC.